The second kappa shape index (κ2) is 1.76. The van der Waals surface area contributed by atoms with E-state index in [1.54, 1.807) is 0 Å². The van der Waals surface area contributed by atoms with Crippen LogP contribution in [0.1, 0.15) is 33.1 Å². The van der Waals surface area contributed by atoms with E-state index in [0.29, 0.717) is 0 Å². The van der Waals surface area contributed by atoms with Crippen molar-refractivity contribution < 1.29 is 5.11 Å². The zero-order valence-corrected chi connectivity index (χ0v) is 6.80. The fraction of sp³-hybridized carbons (Fsp3) is 1.00. The Balaban J connectivity index is 2.29. The predicted octanol–water partition coefficient (Wildman–Crippen LogP) is 1.80. The first-order chi connectivity index (χ1) is 4.64. The highest BCUT2D eigenvalue weighted by molar-refractivity contribution is 5.03. The highest BCUT2D eigenvalue weighted by Crippen LogP contribution is 2.57. The number of fused-ring (bicyclic) bond motifs is 2. The summed E-state index contributed by atoms with van der Waals surface area (Å²) in [7, 11) is 0. The van der Waals surface area contributed by atoms with Crippen LogP contribution in [0.2, 0.25) is 0 Å². The molecule has 0 unspecified atom stereocenters. The van der Waals surface area contributed by atoms with Gasteiger partial charge in [-0.25, -0.2) is 0 Å². The van der Waals surface area contributed by atoms with Crippen LogP contribution in [0.5, 0.6) is 0 Å². The molecule has 2 fully saturated rings. The lowest BCUT2D eigenvalue weighted by atomic mass is 9.80. The van der Waals surface area contributed by atoms with Gasteiger partial charge in [0.25, 0.3) is 0 Å². The third kappa shape index (κ3) is 0.572. The third-order valence-corrected chi connectivity index (χ3v) is 4.09. The topological polar surface area (TPSA) is 20.2 Å². The van der Waals surface area contributed by atoms with Gasteiger partial charge in [-0.3, -0.25) is 0 Å². The lowest BCUT2D eigenvalue weighted by molar-refractivity contribution is 0.0400. The van der Waals surface area contributed by atoms with Gasteiger partial charge in [-0.1, -0.05) is 13.8 Å². The molecule has 0 aromatic rings. The quantitative estimate of drug-likeness (QED) is 0.544. The first-order valence-corrected chi connectivity index (χ1v) is 4.32. The highest BCUT2D eigenvalue weighted by Gasteiger charge is 2.53. The molecule has 58 valence electrons. The monoisotopic (exact) mass is 140 g/mol. The van der Waals surface area contributed by atoms with Crippen LogP contribution in [0.25, 0.3) is 0 Å². The van der Waals surface area contributed by atoms with Crippen LogP contribution in [-0.4, -0.2) is 11.2 Å². The normalized spacial score (nSPS) is 59.7. The first kappa shape index (κ1) is 6.66. The van der Waals surface area contributed by atoms with Gasteiger partial charge < -0.3 is 5.11 Å². The fourth-order valence-corrected chi connectivity index (χ4v) is 2.86. The first-order valence-electron chi connectivity index (χ1n) is 4.32. The van der Waals surface area contributed by atoms with E-state index in [9.17, 15) is 5.11 Å². The van der Waals surface area contributed by atoms with Gasteiger partial charge in [0, 0.05) is 0 Å². The Hall–Kier alpha value is -0.0400. The van der Waals surface area contributed by atoms with E-state index in [-0.39, 0.29) is 11.5 Å². The predicted molar refractivity (Wildman–Crippen MR) is 40.6 cm³/mol. The van der Waals surface area contributed by atoms with Gasteiger partial charge in [0.1, 0.15) is 0 Å². The Labute approximate surface area is 62.4 Å². The van der Waals surface area contributed by atoms with Gasteiger partial charge in [-0.05, 0) is 36.5 Å². The van der Waals surface area contributed by atoms with Gasteiger partial charge in [-0.2, -0.15) is 0 Å². The number of aliphatic hydroxyl groups excluding tert-OH is 1. The summed E-state index contributed by atoms with van der Waals surface area (Å²) < 4.78 is 0. The molecule has 2 bridgehead atoms. The molecule has 1 heteroatoms. The summed E-state index contributed by atoms with van der Waals surface area (Å²) in [5.41, 5.74) is 0.282. The number of hydrogen-bond acceptors (Lipinski definition) is 1. The molecule has 0 aromatic carbocycles. The standard InChI is InChI=1S/C9H16O/c1-6-7-3-4-9(6,2)8(10)5-7/h6-8,10H,3-5H2,1-2H3/t6-,7-,8-,9-/m1/s1. The molecule has 10 heavy (non-hydrogen) atoms. The molecule has 2 rings (SSSR count). The molecule has 0 spiro atoms. The van der Waals surface area contributed by atoms with E-state index in [2.05, 4.69) is 13.8 Å². The van der Waals surface area contributed by atoms with E-state index in [1.807, 2.05) is 0 Å². The van der Waals surface area contributed by atoms with Gasteiger partial charge >= 0.3 is 0 Å². The van der Waals surface area contributed by atoms with Crippen LogP contribution in [0.4, 0.5) is 0 Å². The number of aliphatic hydroxyl groups is 1. The van der Waals surface area contributed by atoms with Crippen LogP contribution in [0, 0.1) is 17.3 Å². The van der Waals surface area contributed by atoms with Crippen LogP contribution in [0.15, 0.2) is 0 Å². The van der Waals surface area contributed by atoms with Crippen LogP contribution < -0.4 is 0 Å². The Morgan fingerprint density at radius 1 is 1.50 bits per heavy atom. The maximum absolute atomic E-state index is 9.65. The lowest BCUT2D eigenvalue weighted by Crippen LogP contribution is -2.29. The van der Waals surface area contributed by atoms with Gasteiger partial charge in [-0.15, -0.1) is 0 Å². The molecular formula is C9H16O. The largest absolute Gasteiger partial charge is 0.393 e. The van der Waals surface area contributed by atoms with Crippen LogP contribution in [-0.2, 0) is 0 Å². The van der Waals surface area contributed by atoms with Crippen molar-refractivity contribution >= 4 is 0 Å². The molecule has 0 radical (unpaired) electrons. The smallest absolute Gasteiger partial charge is 0.0599 e. The summed E-state index contributed by atoms with van der Waals surface area (Å²) in [4.78, 5) is 0. The van der Waals surface area contributed by atoms with Crippen molar-refractivity contribution in [2.45, 2.75) is 39.2 Å². The van der Waals surface area contributed by atoms with Crippen molar-refractivity contribution in [1.29, 1.82) is 0 Å². The summed E-state index contributed by atoms with van der Waals surface area (Å²) >= 11 is 0. The summed E-state index contributed by atoms with van der Waals surface area (Å²) in [5.74, 6) is 1.60. The zero-order valence-electron chi connectivity index (χ0n) is 6.80. The van der Waals surface area contributed by atoms with Crippen molar-refractivity contribution in [3.05, 3.63) is 0 Å². The molecule has 0 amide bonds. The zero-order chi connectivity index (χ0) is 7.35. The second-order valence-electron chi connectivity index (χ2n) is 4.34. The van der Waals surface area contributed by atoms with E-state index < -0.39 is 0 Å². The second-order valence-corrected chi connectivity index (χ2v) is 4.34. The van der Waals surface area contributed by atoms with Crippen molar-refractivity contribution in [1.82, 2.24) is 0 Å². The van der Waals surface area contributed by atoms with Gasteiger partial charge in [0.2, 0.25) is 0 Å². The van der Waals surface area contributed by atoms with Gasteiger partial charge in [0.05, 0.1) is 6.10 Å². The van der Waals surface area contributed by atoms with Crippen molar-refractivity contribution in [3.63, 3.8) is 0 Å². The minimum Gasteiger partial charge on any atom is -0.393 e. The molecule has 1 N–H and O–H groups in total. The van der Waals surface area contributed by atoms with Crippen LogP contribution >= 0.6 is 0 Å². The van der Waals surface area contributed by atoms with E-state index in [4.69, 9.17) is 0 Å². The Morgan fingerprint density at radius 2 is 2.20 bits per heavy atom. The van der Waals surface area contributed by atoms with Crippen molar-refractivity contribution in [2.75, 3.05) is 0 Å². The summed E-state index contributed by atoms with van der Waals surface area (Å²) in [6, 6.07) is 0. The SMILES string of the molecule is C[C@@H]1[C@@H]2CC[C@@]1(C)[C@H](O)C2. The fourth-order valence-electron chi connectivity index (χ4n) is 2.86. The third-order valence-electron chi connectivity index (χ3n) is 4.09. The molecule has 2 saturated carbocycles. The summed E-state index contributed by atoms with van der Waals surface area (Å²) in [6.45, 7) is 4.54. The minimum absolute atomic E-state index is 0.00116. The number of hydrogen-bond donors (Lipinski definition) is 1. The average molecular weight is 140 g/mol. The Morgan fingerprint density at radius 3 is 2.40 bits per heavy atom. The van der Waals surface area contributed by atoms with E-state index in [0.717, 1.165) is 18.3 Å². The molecule has 1 nitrogen and oxygen atoms in total. The molecule has 0 aromatic heterocycles. The Bertz CT molecular complexity index is 155. The maximum atomic E-state index is 9.65. The highest BCUT2D eigenvalue weighted by atomic mass is 16.3. The average Bonchev–Trinajstić information content (AvgIpc) is 2.25. The molecule has 0 saturated heterocycles. The molecular weight excluding hydrogens is 124 g/mol. The lowest BCUT2D eigenvalue weighted by Gasteiger charge is -2.29. The number of rotatable bonds is 0. The maximum Gasteiger partial charge on any atom is 0.0599 e. The van der Waals surface area contributed by atoms with Crippen molar-refractivity contribution in [3.8, 4) is 0 Å². The summed E-state index contributed by atoms with van der Waals surface area (Å²) in [6.07, 6.45) is 3.67. The van der Waals surface area contributed by atoms with Crippen molar-refractivity contribution in [2.24, 2.45) is 17.3 Å². The van der Waals surface area contributed by atoms with Crippen LogP contribution in [0.3, 0.4) is 0 Å². The molecule has 4 atom stereocenters. The molecule has 2 aliphatic carbocycles. The van der Waals surface area contributed by atoms with Gasteiger partial charge in [0.15, 0.2) is 0 Å². The molecule has 2 aliphatic rings. The molecule has 0 aliphatic heterocycles. The van der Waals surface area contributed by atoms with E-state index in [1.165, 1.54) is 12.8 Å². The van der Waals surface area contributed by atoms with E-state index >= 15 is 0 Å². The summed E-state index contributed by atoms with van der Waals surface area (Å²) in [5, 5.41) is 9.65. The Kier molecular flexibility index (Phi) is 1.17. The molecule has 0 heterocycles. The minimum atomic E-state index is 0.00116.